The van der Waals surface area contributed by atoms with Crippen LogP contribution in [0.5, 0.6) is 5.75 Å². The van der Waals surface area contributed by atoms with Crippen LogP contribution in [0.4, 0.5) is 5.69 Å². The Morgan fingerprint density at radius 2 is 2.11 bits per heavy atom. The lowest BCUT2D eigenvalue weighted by Gasteiger charge is -2.13. The first-order chi connectivity index (χ1) is 9.13. The minimum atomic E-state index is -0.331. The lowest BCUT2D eigenvalue weighted by Crippen LogP contribution is -2.13. The van der Waals surface area contributed by atoms with Crippen LogP contribution < -0.4 is 15.6 Å². The monoisotopic (exact) mass is 259 g/mol. The van der Waals surface area contributed by atoms with Crippen LogP contribution in [0.25, 0.3) is 11.1 Å². The van der Waals surface area contributed by atoms with Gasteiger partial charge in [0.2, 0.25) is 5.91 Å². The summed E-state index contributed by atoms with van der Waals surface area (Å²) in [4.78, 5) is 23.1. The highest BCUT2D eigenvalue weighted by Crippen LogP contribution is 2.34. The van der Waals surface area contributed by atoms with Gasteiger partial charge in [-0.1, -0.05) is 12.1 Å². The van der Waals surface area contributed by atoms with E-state index < -0.39 is 0 Å². The number of rotatable bonds is 3. The summed E-state index contributed by atoms with van der Waals surface area (Å²) in [5.41, 5.74) is 1.13. The molecule has 0 aliphatic rings. The number of carbonyl (C=O) groups excluding carboxylic acids is 1. The quantitative estimate of drug-likeness (QED) is 0.872. The van der Waals surface area contributed by atoms with Crippen molar-refractivity contribution in [3.8, 4) is 16.9 Å². The molecule has 0 saturated heterocycles. The highest BCUT2D eigenvalue weighted by atomic mass is 16.5. The van der Waals surface area contributed by atoms with Gasteiger partial charge in [-0.15, -0.1) is 0 Å². The van der Waals surface area contributed by atoms with E-state index in [-0.39, 0.29) is 11.5 Å². The smallest absolute Gasteiger partial charge is 0.272 e. The van der Waals surface area contributed by atoms with Gasteiger partial charge in [-0.3, -0.25) is 9.59 Å². The second kappa shape index (κ2) is 5.34. The predicted molar refractivity (Wildman–Crippen MR) is 71.1 cm³/mol. The number of nitrogens with zero attached hydrogens (tertiary/aromatic N) is 1. The zero-order chi connectivity index (χ0) is 13.8. The van der Waals surface area contributed by atoms with Crippen molar-refractivity contribution >= 4 is 11.6 Å². The van der Waals surface area contributed by atoms with Crippen molar-refractivity contribution in [3.63, 3.8) is 0 Å². The molecule has 0 fully saturated rings. The first-order valence-electron chi connectivity index (χ1n) is 5.62. The first-order valence-corrected chi connectivity index (χ1v) is 5.62. The summed E-state index contributed by atoms with van der Waals surface area (Å²) in [5, 5.41) is 8.69. The number of anilines is 1. The molecule has 0 spiro atoms. The molecular formula is C13H13N3O3. The Morgan fingerprint density at radius 3 is 2.74 bits per heavy atom. The molecule has 0 unspecified atom stereocenters. The summed E-state index contributed by atoms with van der Waals surface area (Å²) >= 11 is 0. The van der Waals surface area contributed by atoms with Gasteiger partial charge in [0.05, 0.1) is 18.4 Å². The van der Waals surface area contributed by atoms with Crippen molar-refractivity contribution in [1.82, 2.24) is 10.2 Å². The number of amides is 1. The first kappa shape index (κ1) is 12.8. The lowest BCUT2D eigenvalue weighted by molar-refractivity contribution is -0.114. The van der Waals surface area contributed by atoms with Crippen LogP contribution in [0.1, 0.15) is 6.92 Å². The van der Waals surface area contributed by atoms with E-state index in [1.54, 1.807) is 24.3 Å². The molecular weight excluding hydrogens is 246 g/mol. The lowest BCUT2D eigenvalue weighted by atomic mass is 10.0. The Labute approximate surface area is 109 Å². The largest absolute Gasteiger partial charge is 0.495 e. The number of carbonyl (C=O) groups is 1. The van der Waals surface area contributed by atoms with Gasteiger partial charge in [0, 0.05) is 18.7 Å². The van der Waals surface area contributed by atoms with Crippen LogP contribution in [0.2, 0.25) is 0 Å². The van der Waals surface area contributed by atoms with Crippen molar-refractivity contribution in [3.05, 3.63) is 40.8 Å². The van der Waals surface area contributed by atoms with Gasteiger partial charge in [-0.05, 0) is 12.1 Å². The van der Waals surface area contributed by atoms with Crippen LogP contribution in [0.15, 0.2) is 35.3 Å². The molecule has 0 atom stereocenters. The number of hydrogen-bond donors (Lipinski definition) is 2. The number of hydrogen-bond acceptors (Lipinski definition) is 4. The average Bonchev–Trinajstić information content (AvgIpc) is 2.39. The van der Waals surface area contributed by atoms with Crippen LogP contribution in [0.3, 0.4) is 0 Å². The average molecular weight is 259 g/mol. The Bertz CT molecular complexity index is 664. The fourth-order valence-electron chi connectivity index (χ4n) is 1.79. The number of aromatic amines is 1. The summed E-state index contributed by atoms with van der Waals surface area (Å²) in [6.07, 6.45) is 1.48. The minimum Gasteiger partial charge on any atom is -0.495 e. The Morgan fingerprint density at radius 1 is 1.32 bits per heavy atom. The maximum absolute atomic E-state index is 11.8. The normalized spacial score (nSPS) is 10.0. The molecule has 98 valence electrons. The SMILES string of the molecule is COc1cccc(-c2ccn[nH]c2=O)c1NC(C)=O. The molecule has 2 N–H and O–H groups in total. The molecule has 0 bridgehead atoms. The molecule has 1 aromatic heterocycles. The number of aromatic nitrogens is 2. The fourth-order valence-corrected chi connectivity index (χ4v) is 1.79. The van der Waals surface area contributed by atoms with Gasteiger partial charge in [0.1, 0.15) is 5.75 Å². The van der Waals surface area contributed by atoms with Gasteiger partial charge in [-0.25, -0.2) is 5.10 Å². The highest BCUT2D eigenvalue weighted by Gasteiger charge is 2.14. The van der Waals surface area contributed by atoms with Gasteiger partial charge < -0.3 is 10.1 Å². The van der Waals surface area contributed by atoms with E-state index in [1.165, 1.54) is 20.2 Å². The van der Waals surface area contributed by atoms with E-state index in [1.807, 2.05) is 0 Å². The molecule has 2 rings (SSSR count). The highest BCUT2D eigenvalue weighted by molar-refractivity contribution is 5.96. The summed E-state index contributed by atoms with van der Waals surface area (Å²) < 4.78 is 5.21. The summed E-state index contributed by atoms with van der Waals surface area (Å²) in [5.74, 6) is 0.250. The van der Waals surface area contributed by atoms with Crippen molar-refractivity contribution in [2.45, 2.75) is 6.92 Å². The number of methoxy groups -OCH3 is 1. The zero-order valence-electron chi connectivity index (χ0n) is 10.6. The van der Waals surface area contributed by atoms with Gasteiger partial charge in [0.15, 0.2) is 0 Å². The van der Waals surface area contributed by atoms with Gasteiger partial charge in [-0.2, -0.15) is 5.10 Å². The standard InChI is InChI=1S/C13H13N3O3/c1-8(17)15-12-9(4-3-5-11(12)19-2)10-6-7-14-16-13(10)18/h3-7H,1-2H3,(H,15,17)(H,16,18). The van der Waals surface area contributed by atoms with E-state index in [0.29, 0.717) is 22.6 Å². The van der Waals surface area contributed by atoms with E-state index >= 15 is 0 Å². The van der Waals surface area contributed by atoms with Crippen LogP contribution in [-0.2, 0) is 4.79 Å². The Kier molecular flexibility index (Phi) is 3.61. The van der Waals surface area contributed by atoms with Gasteiger partial charge >= 0.3 is 0 Å². The second-order valence-electron chi connectivity index (χ2n) is 3.86. The van der Waals surface area contributed by atoms with E-state index in [2.05, 4.69) is 15.5 Å². The van der Waals surface area contributed by atoms with E-state index in [4.69, 9.17) is 4.74 Å². The predicted octanol–water partition coefficient (Wildman–Crippen LogP) is 1.40. The molecule has 0 radical (unpaired) electrons. The maximum atomic E-state index is 11.8. The fraction of sp³-hybridized carbons (Fsp3) is 0.154. The van der Waals surface area contributed by atoms with Gasteiger partial charge in [0.25, 0.3) is 5.56 Å². The Hall–Kier alpha value is -2.63. The van der Waals surface area contributed by atoms with Crippen molar-refractivity contribution < 1.29 is 9.53 Å². The van der Waals surface area contributed by atoms with E-state index in [0.717, 1.165) is 0 Å². The zero-order valence-corrected chi connectivity index (χ0v) is 10.6. The number of nitrogens with one attached hydrogen (secondary N) is 2. The summed E-state index contributed by atoms with van der Waals surface area (Å²) in [6.45, 7) is 1.40. The number of ether oxygens (including phenoxy) is 1. The summed E-state index contributed by atoms with van der Waals surface area (Å²) in [6, 6.07) is 6.78. The van der Waals surface area contributed by atoms with Crippen molar-refractivity contribution in [1.29, 1.82) is 0 Å². The summed E-state index contributed by atoms with van der Waals surface area (Å²) in [7, 11) is 1.50. The Balaban J connectivity index is 2.66. The molecule has 0 aliphatic heterocycles. The maximum Gasteiger partial charge on any atom is 0.272 e. The third kappa shape index (κ3) is 2.62. The molecule has 1 heterocycles. The molecule has 2 aromatic rings. The third-order valence-electron chi connectivity index (χ3n) is 2.56. The van der Waals surface area contributed by atoms with Crippen molar-refractivity contribution in [2.75, 3.05) is 12.4 Å². The van der Waals surface area contributed by atoms with Crippen LogP contribution >= 0.6 is 0 Å². The molecule has 6 nitrogen and oxygen atoms in total. The molecule has 0 saturated carbocycles. The number of para-hydroxylation sites is 1. The molecule has 19 heavy (non-hydrogen) atoms. The topological polar surface area (TPSA) is 84.1 Å². The molecule has 1 amide bonds. The van der Waals surface area contributed by atoms with Crippen molar-refractivity contribution in [2.24, 2.45) is 0 Å². The molecule has 0 aliphatic carbocycles. The number of benzene rings is 1. The second-order valence-corrected chi connectivity index (χ2v) is 3.86. The number of H-pyrrole nitrogens is 1. The van der Waals surface area contributed by atoms with Crippen LogP contribution in [0, 0.1) is 0 Å². The third-order valence-corrected chi connectivity index (χ3v) is 2.56. The van der Waals surface area contributed by atoms with Crippen LogP contribution in [-0.4, -0.2) is 23.2 Å². The van der Waals surface area contributed by atoms with E-state index in [9.17, 15) is 9.59 Å². The molecule has 1 aromatic carbocycles. The minimum absolute atomic E-state index is 0.240. The molecule has 6 heteroatoms.